The van der Waals surface area contributed by atoms with Gasteiger partial charge in [0.25, 0.3) is 20.2 Å². The second-order valence-corrected chi connectivity index (χ2v) is 21.4. The molecule has 62 heavy (non-hydrogen) atoms. The number of nitrogens with zero attached hydrogens (tertiary/aromatic N) is 3. The van der Waals surface area contributed by atoms with Crippen LogP contribution in [0.5, 0.6) is 0 Å². The van der Waals surface area contributed by atoms with Crippen molar-refractivity contribution >= 4 is 70.7 Å². The van der Waals surface area contributed by atoms with E-state index < -0.39 is 52.9 Å². The number of carboxylic acids is 1. The van der Waals surface area contributed by atoms with Crippen LogP contribution in [0.1, 0.15) is 94.7 Å². The maximum Gasteiger partial charge on any atom is 1.00 e. The number of carboxylic acid groups (broad SMARTS) is 1. The van der Waals surface area contributed by atoms with Crippen molar-refractivity contribution in [2.45, 2.75) is 88.5 Å². The van der Waals surface area contributed by atoms with Crippen LogP contribution in [0, 0.1) is 0 Å². The first-order valence-electron chi connectivity index (χ1n) is 19.6. The Morgan fingerprint density at radius 1 is 0.887 bits per heavy atom. The van der Waals surface area contributed by atoms with E-state index in [0.29, 0.717) is 66.4 Å². The van der Waals surface area contributed by atoms with Crippen molar-refractivity contribution in [2.24, 2.45) is 4.99 Å². The van der Waals surface area contributed by atoms with Crippen molar-refractivity contribution in [3.63, 3.8) is 0 Å². The molecule has 3 heterocycles. The Balaban J connectivity index is 0.00000436. The number of pyridine rings is 1. The summed E-state index contributed by atoms with van der Waals surface area (Å²) in [7, 11) is -13.0. The molecule has 2 aromatic carbocycles. The molecule has 6 rings (SSSR count). The number of benzene rings is 2. The Labute approximate surface area is 391 Å². The monoisotopic (exact) mass is 937 g/mol. The Bertz CT molecular complexity index is 2800. The predicted octanol–water partition coefficient (Wildman–Crippen LogP) is 4.46. The van der Waals surface area contributed by atoms with Crippen LogP contribution in [0.15, 0.2) is 106 Å². The van der Waals surface area contributed by atoms with Gasteiger partial charge in [-0.05, 0) is 134 Å². The molecule has 19 heteroatoms. The zero-order valence-corrected chi connectivity index (χ0v) is 40.3. The zero-order chi connectivity index (χ0) is 44.7. The van der Waals surface area contributed by atoms with Gasteiger partial charge >= 0.3 is 41.3 Å². The van der Waals surface area contributed by atoms with Crippen LogP contribution in [-0.4, -0.2) is 73.7 Å². The second kappa shape index (κ2) is 18.9. The minimum atomic E-state index is -4.76. The number of anilines is 1. The second-order valence-electron chi connectivity index (χ2n) is 16.5. The number of aromatic carboxylic acids is 1. The first-order valence-corrected chi connectivity index (χ1v) is 24.6. The number of rotatable bonds is 16. The minimum Gasteiger partial charge on any atom is -1.00 e. The van der Waals surface area contributed by atoms with Crippen molar-refractivity contribution in [3.8, 4) is 0 Å². The van der Waals surface area contributed by atoms with E-state index in [4.69, 9.17) is 16.6 Å². The molecule has 3 N–H and O–H groups in total. The van der Waals surface area contributed by atoms with Crippen LogP contribution in [-0.2, 0) is 47.7 Å². The third-order valence-corrected chi connectivity index (χ3v) is 14.1. The molecule has 0 amide bonds. The van der Waals surface area contributed by atoms with E-state index in [1.165, 1.54) is 18.2 Å². The SMILES string of the molecule is CC1(C)C(=CC=C2CCC(C=CC3=Nc4c(cc(Cl)c[n+]4CCCCS(=O)(=O)O)C3(C)C)=C2c2cccc(C(=O)O)c2)N(CCCCS(=O)(=O)O)c2ccc(S(=O)(=O)[O-])cc21.[H-].[Na+]. The van der Waals surface area contributed by atoms with Gasteiger partial charge in [0, 0.05) is 23.3 Å². The van der Waals surface area contributed by atoms with E-state index in [1.54, 1.807) is 24.4 Å². The van der Waals surface area contributed by atoms with Gasteiger partial charge in [-0.2, -0.15) is 16.8 Å². The molecule has 3 aliphatic rings. The van der Waals surface area contributed by atoms with Gasteiger partial charge in [0.05, 0.1) is 44.5 Å². The smallest absolute Gasteiger partial charge is 1.00 e. The maximum atomic E-state index is 12.1. The molecule has 3 aromatic rings. The van der Waals surface area contributed by atoms with Crippen molar-refractivity contribution in [3.05, 3.63) is 123 Å². The van der Waals surface area contributed by atoms with Crippen LogP contribution >= 0.6 is 11.6 Å². The number of unbranched alkanes of at least 4 members (excludes halogenated alkanes) is 2. The predicted molar refractivity (Wildman–Crippen MR) is 234 cm³/mol. The fourth-order valence-electron chi connectivity index (χ4n) is 8.27. The molecule has 328 valence electrons. The number of aryl methyl sites for hydroxylation is 1. The van der Waals surface area contributed by atoms with Gasteiger partial charge in [-0.3, -0.25) is 9.11 Å². The number of carbonyl (C=O) groups is 1. The average molecular weight is 939 g/mol. The summed E-state index contributed by atoms with van der Waals surface area (Å²) in [5.74, 6) is -1.16. The summed E-state index contributed by atoms with van der Waals surface area (Å²) in [5.41, 5.74) is 5.75. The van der Waals surface area contributed by atoms with Gasteiger partial charge in [0.15, 0.2) is 5.71 Å². The van der Waals surface area contributed by atoms with Gasteiger partial charge in [0.1, 0.15) is 16.3 Å². The van der Waals surface area contributed by atoms with Crippen LogP contribution < -0.4 is 39.0 Å². The quantitative estimate of drug-likeness (QED) is 0.0785. The van der Waals surface area contributed by atoms with Crippen LogP contribution in [0.25, 0.3) is 5.57 Å². The van der Waals surface area contributed by atoms with Crippen LogP contribution in [0.4, 0.5) is 11.5 Å². The summed E-state index contributed by atoms with van der Waals surface area (Å²) in [6.45, 7) is 8.64. The topological polar surface area (TPSA) is 223 Å². The Morgan fingerprint density at radius 3 is 2.21 bits per heavy atom. The summed E-state index contributed by atoms with van der Waals surface area (Å²) in [6.07, 6.45) is 12.0. The number of hydrogen-bond acceptors (Lipinski definition) is 10. The average Bonchev–Trinajstić information content (AvgIpc) is 3.75. The normalized spacial score (nSPS) is 18.4. The van der Waals surface area contributed by atoms with Gasteiger partial charge in [0.2, 0.25) is 0 Å². The first kappa shape index (κ1) is 49.5. The van der Waals surface area contributed by atoms with Gasteiger partial charge in [-0.25, -0.2) is 17.8 Å². The van der Waals surface area contributed by atoms with Gasteiger partial charge < -0.3 is 16.0 Å². The zero-order valence-electron chi connectivity index (χ0n) is 36.1. The van der Waals surface area contributed by atoms with Crippen molar-refractivity contribution in [2.75, 3.05) is 23.0 Å². The van der Waals surface area contributed by atoms with E-state index in [0.717, 1.165) is 33.7 Å². The molecule has 0 spiro atoms. The molecule has 0 saturated heterocycles. The van der Waals surface area contributed by atoms with Crippen molar-refractivity contribution in [1.82, 2.24) is 0 Å². The third-order valence-electron chi connectivity index (χ3n) is 11.4. The molecule has 0 saturated carbocycles. The number of hydrogen-bond donors (Lipinski definition) is 3. The van der Waals surface area contributed by atoms with E-state index in [2.05, 4.69) is 0 Å². The molecular formula is C43H49ClN3NaO11S3. The summed E-state index contributed by atoms with van der Waals surface area (Å²) in [5, 5.41) is 10.4. The van der Waals surface area contributed by atoms with E-state index in [9.17, 15) is 48.8 Å². The van der Waals surface area contributed by atoms with Crippen molar-refractivity contribution in [1.29, 1.82) is 0 Å². The molecule has 0 bridgehead atoms. The molecule has 2 aliphatic heterocycles. The Hall–Kier alpha value is -3.49. The minimum absolute atomic E-state index is 0. The van der Waals surface area contributed by atoms with E-state index >= 15 is 0 Å². The summed E-state index contributed by atoms with van der Waals surface area (Å²) >= 11 is 6.55. The molecule has 1 aromatic heterocycles. The number of aliphatic imine (C=N–C) groups is 1. The summed E-state index contributed by atoms with van der Waals surface area (Å²) in [6, 6.07) is 12.8. The van der Waals surface area contributed by atoms with Gasteiger partial charge in [-0.15, -0.1) is 0 Å². The van der Waals surface area contributed by atoms with Gasteiger partial charge in [-0.1, -0.05) is 49.7 Å². The Kier molecular flexibility index (Phi) is 15.1. The fraction of sp³-hybridized carbons (Fsp3) is 0.372. The molecule has 1 aliphatic carbocycles. The Morgan fingerprint density at radius 2 is 1.56 bits per heavy atom. The van der Waals surface area contributed by atoms with E-state index in [-0.39, 0.29) is 60.0 Å². The molecule has 0 fully saturated rings. The summed E-state index contributed by atoms with van der Waals surface area (Å²) < 4.78 is 102. The number of halogens is 1. The molecular weight excluding hydrogens is 889 g/mol. The molecule has 0 unspecified atom stereocenters. The third kappa shape index (κ3) is 11.2. The van der Waals surface area contributed by atoms with Crippen LogP contribution in [0.2, 0.25) is 5.02 Å². The van der Waals surface area contributed by atoms with E-state index in [1.807, 2.05) is 73.6 Å². The fourth-order valence-corrected chi connectivity index (χ4v) is 10.1. The molecule has 14 nitrogen and oxygen atoms in total. The number of allylic oxidation sites excluding steroid dienone is 8. The van der Waals surface area contributed by atoms with Crippen LogP contribution in [0.3, 0.4) is 0 Å². The number of fused-ring (bicyclic) bond motifs is 2. The first-order chi connectivity index (χ1) is 28.4. The largest absolute Gasteiger partial charge is 1.00 e. The molecule has 0 atom stereocenters. The summed E-state index contributed by atoms with van der Waals surface area (Å²) in [4.78, 5) is 18.7. The molecule has 0 radical (unpaired) electrons. The maximum absolute atomic E-state index is 12.1. The van der Waals surface area contributed by atoms with Crippen molar-refractivity contribution < 1.29 is 84.4 Å². The standard InChI is InChI=1S/C43H48ClN3O11S3.Na.H/c1-42(2)35-25-32(44)27-46(20-5-7-22-59(50,51)52)40(35)45-37(42)18-14-28-12-13-29(39(28)30-10-9-11-31(24-30)41(48)49)15-19-38-43(3,4)34-26-33(61(56,57)58)16-17-36(34)47(38)21-6-8-23-60(53,54)55;;/h9-11,14-19,24-27H,5-8,12-13,20-23H2,1-4H3,(H3-,48,49,50,51,52,53,54,55,56,57,58);;/q;+1;-1. The number of aromatic nitrogens is 1.